The molecule has 1 aliphatic carbocycles. The molecule has 1 saturated carbocycles. The van der Waals surface area contributed by atoms with Crippen LogP contribution in [0.2, 0.25) is 0 Å². The van der Waals surface area contributed by atoms with Gasteiger partial charge in [-0.05, 0) is 70.6 Å². The molecule has 148 valence electrons. The van der Waals surface area contributed by atoms with Gasteiger partial charge in [0.15, 0.2) is 0 Å². The maximum atomic E-state index is 12.5. The highest BCUT2D eigenvalue weighted by Gasteiger charge is 2.62. The minimum Gasteiger partial charge on any atom is -0.481 e. The summed E-state index contributed by atoms with van der Waals surface area (Å²) in [5.41, 5.74) is -2.12. The van der Waals surface area contributed by atoms with Crippen molar-refractivity contribution in [1.29, 1.82) is 0 Å². The maximum Gasteiger partial charge on any atom is 0.311 e. The minimum absolute atomic E-state index is 0.0203. The number of carbonyl (C=O) groups excluding carboxylic acids is 1. The predicted octanol–water partition coefficient (Wildman–Crippen LogP) is 4.21. The molecular formula is C21H34O5. The normalized spacial score (nSPS) is 40.4. The molecule has 1 heterocycles. The summed E-state index contributed by atoms with van der Waals surface area (Å²) in [5.74, 6) is -1.15. The van der Waals surface area contributed by atoms with Crippen LogP contribution in [0.25, 0.3) is 0 Å². The Morgan fingerprint density at radius 2 is 1.88 bits per heavy atom. The first-order valence-corrected chi connectivity index (χ1v) is 9.48. The summed E-state index contributed by atoms with van der Waals surface area (Å²) in [6.07, 6.45) is 5.06. The number of hydrogen-bond acceptors (Lipinski definition) is 4. The Morgan fingerprint density at radius 1 is 1.27 bits per heavy atom. The summed E-state index contributed by atoms with van der Waals surface area (Å²) >= 11 is 0. The molecule has 2 rings (SSSR count). The van der Waals surface area contributed by atoms with Crippen molar-refractivity contribution in [3.8, 4) is 0 Å². The fourth-order valence-electron chi connectivity index (χ4n) is 5.95. The van der Waals surface area contributed by atoms with Crippen molar-refractivity contribution in [2.45, 2.75) is 77.9 Å². The van der Waals surface area contributed by atoms with Crippen LogP contribution < -0.4 is 0 Å². The topological polar surface area (TPSA) is 72.8 Å². The van der Waals surface area contributed by atoms with Gasteiger partial charge in [0.2, 0.25) is 0 Å². The van der Waals surface area contributed by atoms with Crippen LogP contribution in [0.3, 0.4) is 0 Å². The SMILES string of the molecule is C=C[C@]1(C)CC[C@@H]2[C@@](C)(CC(=O)O)[C@H](C(C)(C)C(=O)OC)CC[C@]2(C)O1. The van der Waals surface area contributed by atoms with E-state index in [0.717, 1.165) is 25.7 Å². The average molecular weight is 366 g/mol. The number of ether oxygens (including phenoxy) is 2. The number of carbonyl (C=O) groups is 2. The molecule has 1 N–H and O–H groups in total. The van der Waals surface area contributed by atoms with Crippen LogP contribution in [-0.2, 0) is 19.1 Å². The van der Waals surface area contributed by atoms with Gasteiger partial charge in [0.05, 0.1) is 30.1 Å². The van der Waals surface area contributed by atoms with Gasteiger partial charge in [-0.2, -0.15) is 0 Å². The summed E-state index contributed by atoms with van der Waals surface area (Å²) < 4.78 is 11.6. The van der Waals surface area contributed by atoms with Crippen LogP contribution >= 0.6 is 0 Å². The highest BCUT2D eigenvalue weighted by molar-refractivity contribution is 5.76. The zero-order valence-electron chi connectivity index (χ0n) is 17.1. The molecule has 0 bridgehead atoms. The zero-order valence-corrected chi connectivity index (χ0v) is 17.1. The molecule has 0 unspecified atom stereocenters. The summed E-state index contributed by atoms with van der Waals surface area (Å²) in [6, 6.07) is 0. The second-order valence-corrected chi connectivity index (χ2v) is 9.40. The first-order chi connectivity index (χ1) is 11.8. The van der Waals surface area contributed by atoms with Gasteiger partial charge in [-0.3, -0.25) is 9.59 Å². The number of methoxy groups -OCH3 is 1. The summed E-state index contributed by atoms with van der Waals surface area (Å²) in [6.45, 7) is 13.8. The van der Waals surface area contributed by atoms with Crippen molar-refractivity contribution < 1.29 is 24.2 Å². The quantitative estimate of drug-likeness (QED) is 0.583. The van der Waals surface area contributed by atoms with Gasteiger partial charge in [0.1, 0.15) is 0 Å². The molecule has 5 nitrogen and oxygen atoms in total. The zero-order chi connectivity index (χ0) is 20.0. The van der Waals surface area contributed by atoms with Gasteiger partial charge >= 0.3 is 11.9 Å². The van der Waals surface area contributed by atoms with Crippen LogP contribution in [-0.4, -0.2) is 35.4 Å². The lowest BCUT2D eigenvalue weighted by atomic mass is 9.47. The van der Waals surface area contributed by atoms with Crippen LogP contribution in [0, 0.1) is 22.7 Å². The molecule has 0 aromatic heterocycles. The van der Waals surface area contributed by atoms with Gasteiger partial charge in [0, 0.05) is 0 Å². The fraction of sp³-hybridized carbons (Fsp3) is 0.810. The molecule has 1 aliphatic heterocycles. The van der Waals surface area contributed by atoms with Crippen molar-refractivity contribution >= 4 is 11.9 Å². The van der Waals surface area contributed by atoms with E-state index in [1.807, 2.05) is 33.8 Å². The van der Waals surface area contributed by atoms with E-state index in [0.29, 0.717) is 0 Å². The van der Waals surface area contributed by atoms with Gasteiger partial charge in [-0.15, -0.1) is 6.58 Å². The smallest absolute Gasteiger partial charge is 0.311 e. The average Bonchev–Trinajstić information content (AvgIpc) is 2.52. The third-order valence-corrected chi connectivity index (χ3v) is 7.20. The lowest BCUT2D eigenvalue weighted by Gasteiger charge is -2.62. The number of hydrogen-bond donors (Lipinski definition) is 1. The van der Waals surface area contributed by atoms with Crippen molar-refractivity contribution in [2.24, 2.45) is 22.7 Å². The Balaban J connectivity index is 2.49. The standard InChI is InChI=1S/C21H34O5/c1-8-19(4)11-9-15-20(5,13-16(22)23)14(10-12-21(15,6)26-19)18(2,3)17(24)25-7/h8,14-15H,1,9-13H2,2-7H3,(H,22,23)/t14-,15+,19+,20-,21-/m0/s1. The van der Waals surface area contributed by atoms with Crippen LogP contribution in [0.5, 0.6) is 0 Å². The third-order valence-electron chi connectivity index (χ3n) is 7.20. The third kappa shape index (κ3) is 3.30. The molecule has 0 aromatic rings. The van der Waals surface area contributed by atoms with E-state index in [1.54, 1.807) is 0 Å². The highest BCUT2D eigenvalue weighted by atomic mass is 16.5. The Morgan fingerprint density at radius 3 is 2.38 bits per heavy atom. The number of aliphatic carboxylic acids is 1. The number of rotatable bonds is 5. The largest absolute Gasteiger partial charge is 0.481 e. The predicted molar refractivity (Wildman–Crippen MR) is 99.7 cm³/mol. The molecule has 5 heteroatoms. The molecule has 5 atom stereocenters. The van der Waals surface area contributed by atoms with Gasteiger partial charge in [-0.1, -0.05) is 13.0 Å². The Bertz CT molecular complexity index is 597. The van der Waals surface area contributed by atoms with E-state index in [1.165, 1.54) is 7.11 Å². The van der Waals surface area contributed by atoms with Gasteiger partial charge in [0.25, 0.3) is 0 Å². The Kier molecular flexibility index (Phi) is 5.37. The lowest BCUT2D eigenvalue weighted by molar-refractivity contribution is -0.247. The molecule has 0 aromatic carbocycles. The van der Waals surface area contributed by atoms with Gasteiger partial charge in [-0.25, -0.2) is 0 Å². The molecule has 0 radical (unpaired) electrons. The molecular weight excluding hydrogens is 332 g/mol. The van der Waals surface area contributed by atoms with E-state index >= 15 is 0 Å². The first-order valence-electron chi connectivity index (χ1n) is 9.48. The van der Waals surface area contributed by atoms with E-state index in [4.69, 9.17) is 9.47 Å². The van der Waals surface area contributed by atoms with E-state index in [9.17, 15) is 14.7 Å². The monoisotopic (exact) mass is 366 g/mol. The molecule has 1 saturated heterocycles. The molecule has 2 fully saturated rings. The van der Waals surface area contributed by atoms with Crippen LogP contribution in [0.4, 0.5) is 0 Å². The number of carboxylic acid groups (broad SMARTS) is 1. The van der Waals surface area contributed by atoms with Crippen molar-refractivity contribution in [1.82, 2.24) is 0 Å². The van der Waals surface area contributed by atoms with E-state index in [-0.39, 0.29) is 29.8 Å². The van der Waals surface area contributed by atoms with Crippen molar-refractivity contribution in [3.63, 3.8) is 0 Å². The molecule has 0 spiro atoms. The number of esters is 1. The Labute approximate surface area is 157 Å². The van der Waals surface area contributed by atoms with E-state index in [2.05, 4.69) is 13.5 Å². The minimum atomic E-state index is -0.834. The first kappa shape index (κ1) is 20.9. The molecule has 2 aliphatic rings. The van der Waals surface area contributed by atoms with Gasteiger partial charge < -0.3 is 14.6 Å². The van der Waals surface area contributed by atoms with Crippen molar-refractivity contribution in [2.75, 3.05) is 7.11 Å². The summed E-state index contributed by atoms with van der Waals surface area (Å²) in [7, 11) is 1.39. The maximum absolute atomic E-state index is 12.5. The van der Waals surface area contributed by atoms with Crippen LogP contribution in [0.1, 0.15) is 66.7 Å². The summed E-state index contributed by atoms with van der Waals surface area (Å²) in [5, 5.41) is 9.66. The molecule has 26 heavy (non-hydrogen) atoms. The molecule has 0 amide bonds. The lowest BCUT2D eigenvalue weighted by Crippen LogP contribution is -2.62. The van der Waals surface area contributed by atoms with Crippen molar-refractivity contribution in [3.05, 3.63) is 12.7 Å². The second-order valence-electron chi connectivity index (χ2n) is 9.40. The number of carboxylic acids is 1. The fourth-order valence-corrected chi connectivity index (χ4v) is 5.95. The van der Waals surface area contributed by atoms with E-state index < -0.39 is 22.4 Å². The summed E-state index contributed by atoms with van der Waals surface area (Å²) in [4.78, 5) is 24.3. The Hall–Kier alpha value is -1.36. The number of fused-ring (bicyclic) bond motifs is 1. The highest BCUT2D eigenvalue weighted by Crippen LogP contribution is 2.62. The second kappa shape index (κ2) is 6.66. The van der Waals surface area contributed by atoms with Crippen LogP contribution in [0.15, 0.2) is 12.7 Å².